The van der Waals surface area contributed by atoms with Gasteiger partial charge in [-0.25, -0.2) is 4.79 Å². The standard InChI is InChI=1S/C12H12O5/c1-2-17-9-5-3-8(4-6-9)10(13)7-11(14)12(15)16/h3-6H,2,7H2,1H3,(H,15,16). The molecule has 0 fully saturated rings. The Morgan fingerprint density at radius 1 is 1.18 bits per heavy atom. The molecule has 0 saturated heterocycles. The third kappa shape index (κ3) is 3.71. The summed E-state index contributed by atoms with van der Waals surface area (Å²) in [6, 6.07) is 6.20. The highest BCUT2D eigenvalue weighted by Gasteiger charge is 2.17. The Morgan fingerprint density at radius 2 is 1.76 bits per heavy atom. The molecular formula is C12H12O5. The number of aliphatic carboxylic acids is 1. The second-order valence-corrected chi connectivity index (χ2v) is 3.29. The van der Waals surface area contributed by atoms with E-state index in [2.05, 4.69) is 0 Å². The van der Waals surface area contributed by atoms with Crippen molar-refractivity contribution in [1.82, 2.24) is 0 Å². The van der Waals surface area contributed by atoms with Crippen molar-refractivity contribution in [2.45, 2.75) is 13.3 Å². The molecule has 0 amide bonds. The molecule has 0 aliphatic carbocycles. The highest BCUT2D eigenvalue weighted by atomic mass is 16.5. The smallest absolute Gasteiger partial charge is 0.372 e. The summed E-state index contributed by atoms with van der Waals surface area (Å²) in [5.41, 5.74) is 0.294. The van der Waals surface area contributed by atoms with Gasteiger partial charge in [-0.15, -0.1) is 0 Å². The Hall–Kier alpha value is -2.17. The van der Waals surface area contributed by atoms with Gasteiger partial charge in [-0.3, -0.25) is 9.59 Å². The van der Waals surface area contributed by atoms with Crippen LogP contribution in [-0.2, 0) is 9.59 Å². The second kappa shape index (κ2) is 5.79. The van der Waals surface area contributed by atoms with Crippen molar-refractivity contribution in [2.75, 3.05) is 6.61 Å². The number of carboxylic acids is 1. The van der Waals surface area contributed by atoms with E-state index in [1.54, 1.807) is 12.1 Å². The molecule has 0 heterocycles. The summed E-state index contributed by atoms with van der Waals surface area (Å²) in [7, 11) is 0. The first-order valence-corrected chi connectivity index (χ1v) is 5.06. The van der Waals surface area contributed by atoms with Crippen molar-refractivity contribution < 1.29 is 24.2 Å². The molecule has 0 bridgehead atoms. The number of carbonyl (C=O) groups excluding carboxylic acids is 2. The largest absolute Gasteiger partial charge is 0.494 e. The van der Waals surface area contributed by atoms with Crippen LogP contribution in [0.2, 0.25) is 0 Å². The lowest BCUT2D eigenvalue weighted by atomic mass is 10.1. The Kier molecular flexibility index (Phi) is 4.39. The normalized spacial score (nSPS) is 9.71. The van der Waals surface area contributed by atoms with Crippen molar-refractivity contribution in [1.29, 1.82) is 0 Å². The van der Waals surface area contributed by atoms with Crippen LogP contribution in [-0.4, -0.2) is 29.2 Å². The molecule has 90 valence electrons. The van der Waals surface area contributed by atoms with Gasteiger partial charge in [0.25, 0.3) is 0 Å². The van der Waals surface area contributed by atoms with Crippen LogP contribution in [0.3, 0.4) is 0 Å². The molecule has 1 aromatic rings. The first kappa shape index (κ1) is 12.9. The van der Waals surface area contributed by atoms with Crippen molar-refractivity contribution in [3.63, 3.8) is 0 Å². The van der Waals surface area contributed by atoms with Crippen LogP contribution < -0.4 is 4.74 Å². The predicted octanol–water partition coefficient (Wildman–Crippen LogP) is 1.31. The highest BCUT2D eigenvalue weighted by Crippen LogP contribution is 2.13. The van der Waals surface area contributed by atoms with Gasteiger partial charge < -0.3 is 9.84 Å². The van der Waals surface area contributed by atoms with E-state index in [9.17, 15) is 14.4 Å². The maximum Gasteiger partial charge on any atom is 0.372 e. The molecular weight excluding hydrogens is 224 g/mol. The number of ketones is 2. The Morgan fingerprint density at radius 3 is 2.24 bits per heavy atom. The number of hydrogen-bond acceptors (Lipinski definition) is 4. The van der Waals surface area contributed by atoms with Crippen LogP contribution in [0.4, 0.5) is 0 Å². The van der Waals surface area contributed by atoms with Gasteiger partial charge in [0.2, 0.25) is 5.78 Å². The van der Waals surface area contributed by atoms with Crippen LogP contribution >= 0.6 is 0 Å². The van der Waals surface area contributed by atoms with Gasteiger partial charge in [0, 0.05) is 5.56 Å². The van der Waals surface area contributed by atoms with Crippen molar-refractivity contribution >= 4 is 17.5 Å². The Bertz CT molecular complexity index is 433. The van der Waals surface area contributed by atoms with E-state index in [0.29, 0.717) is 17.9 Å². The van der Waals surface area contributed by atoms with Gasteiger partial charge in [-0.1, -0.05) is 0 Å². The number of carbonyl (C=O) groups is 3. The van der Waals surface area contributed by atoms with E-state index in [1.807, 2.05) is 6.92 Å². The van der Waals surface area contributed by atoms with Gasteiger partial charge in [-0.2, -0.15) is 0 Å². The molecule has 5 nitrogen and oxygen atoms in total. The average molecular weight is 236 g/mol. The number of hydrogen-bond donors (Lipinski definition) is 1. The minimum absolute atomic E-state index is 0.294. The highest BCUT2D eigenvalue weighted by molar-refractivity contribution is 6.37. The quantitative estimate of drug-likeness (QED) is 0.457. The number of benzene rings is 1. The number of Topliss-reactive ketones (excluding diaryl/α,β-unsaturated/α-hetero) is 2. The van der Waals surface area contributed by atoms with Crippen molar-refractivity contribution in [2.24, 2.45) is 0 Å². The number of ether oxygens (including phenoxy) is 1. The van der Waals surface area contributed by atoms with Gasteiger partial charge in [0.15, 0.2) is 5.78 Å². The number of carboxylic acid groups (broad SMARTS) is 1. The minimum atomic E-state index is -1.59. The van der Waals surface area contributed by atoms with Gasteiger partial charge in [0.05, 0.1) is 13.0 Å². The summed E-state index contributed by atoms with van der Waals surface area (Å²) in [5, 5.41) is 8.37. The third-order valence-corrected chi connectivity index (χ3v) is 2.05. The maximum absolute atomic E-state index is 11.5. The fourth-order valence-corrected chi connectivity index (χ4v) is 1.23. The average Bonchev–Trinajstić information content (AvgIpc) is 2.30. The molecule has 17 heavy (non-hydrogen) atoms. The topological polar surface area (TPSA) is 80.7 Å². The zero-order chi connectivity index (χ0) is 12.8. The molecule has 0 aliphatic heterocycles. The van der Waals surface area contributed by atoms with E-state index in [0.717, 1.165) is 0 Å². The molecule has 1 N–H and O–H groups in total. The van der Waals surface area contributed by atoms with Crippen LogP contribution in [0.1, 0.15) is 23.7 Å². The van der Waals surface area contributed by atoms with Crippen molar-refractivity contribution in [3.8, 4) is 5.75 Å². The van der Waals surface area contributed by atoms with E-state index in [4.69, 9.17) is 9.84 Å². The molecule has 0 radical (unpaired) electrons. The van der Waals surface area contributed by atoms with Gasteiger partial charge in [-0.05, 0) is 31.2 Å². The zero-order valence-electron chi connectivity index (χ0n) is 9.30. The monoisotopic (exact) mass is 236 g/mol. The summed E-state index contributed by atoms with van der Waals surface area (Å²) >= 11 is 0. The van der Waals surface area contributed by atoms with E-state index < -0.39 is 24.0 Å². The summed E-state index contributed by atoms with van der Waals surface area (Å²) < 4.78 is 5.19. The molecule has 1 rings (SSSR count). The van der Waals surface area contributed by atoms with Crippen LogP contribution in [0, 0.1) is 0 Å². The van der Waals surface area contributed by atoms with E-state index in [-0.39, 0.29) is 0 Å². The third-order valence-electron chi connectivity index (χ3n) is 2.05. The van der Waals surface area contributed by atoms with E-state index >= 15 is 0 Å². The Labute approximate surface area is 98.0 Å². The molecule has 1 aromatic carbocycles. The fraction of sp³-hybridized carbons (Fsp3) is 0.250. The molecule has 0 atom stereocenters. The summed E-state index contributed by atoms with van der Waals surface area (Å²) in [6.45, 7) is 2.36. The summed E-state index contributed by atoms with van der Waals surface area (Å²) in [5.74, 6) is -2.60. The van der Waals surface area contributed by atoms with Crippen LogP contribution in [0.15, 0.2) is 24.3 Å². The lowest BCUT2D eigenvalue weighted by Gasteiger charge is -2.03. The first-order chi connectivity index (χ1) is 8.04. The maximum atomic E-state index is 11.5. The first-order valence-electron chi connectivity index (χ1n) is 5.06. The Balaban J connectivity index is 2.70. The van der Waals surface area contributed by atoms with Crippen molar-refractivity contribution in [3.05, 3.63) is 29.8 Å². The summed E-state index contributed by atoms with van der Waals surface area (Å²) in [4.78, 5) is 32.6. The van der Waals surface area contributed by atoms with E-state index in [1.165, 1.54) is 12.1 Å². The molecule has 0 aromatic heterocycles. The number of rotatable bonds is 6. The predicted molar refractivity (Wildman–Crippen MR) is 59.2 cm³/mol. The van der Waals surface area contributed by atoms with Crippen LogP contribution in [0.5, 0.6) is 5.75 Å². The van der Waals surface area contributed by atoms with Gasteiger partial charge in [0.1, 0.15) is 5.75 Å². The lowest BCUT2D eigenvalue weighted by molar-refractivity contribution is -0.148. The van der Waals surface area contributed by atoms with Gasteiger partial charge >= 0.3 is 5.97 Å². The SMILES string of the molecule is CCOc1ccc(C(=O)CC(=O)C(=O)O)cc1. The molecule has 0 unspecified atom stereocenters. The lowest BCUT2D eigenvalue weighted by Crippen LogP contribution is -2.17. The van der Waals surface area contributed by atoms with Crippen LogP contribution in [0.25, 0.3) is 0 Å². The fourth-order valence-electron chi connectivity index (χ4n) is 1.23. The molecule has 0 spiro atoms. The minimum Gasteiger partial charge on any atom is -0.494 e. The molecule has 5 heteroatoms. The summed E-state index contributed by atoms with van der Waals surface area (Å²) in [6.07, 6.45) is -0.622. The zero-order valence-corrected chi connectivity index (χ0v) is 9.30. The molecule has 0 aliphatic rings. The second-order valence-electron chi connectivity index (χ2n) is 3.29. The molecule has 0 saturated carbocycles.